The van der Waals surface area contributed by atoms with Crippen molar-refractivity contribution in [3.8, 4) is 0 Å². The van der Waals surface area contributed by atoms with Crippen molar-refractivity contribution < 1.29 is 9.53 Å². The highest BCUT2D eigenvalue weighted by Gasteiger charge is 2.24. The van der Waals surface area contributed by atoms with E-state index < -0.39 is 0 Å². The highest BCUT2D eigenvalue weighted by molar-refractivity contribution is 5.77. The maximum Gasteiger partial charge on any atom is 0.248 e. The lowest BCUT2D eigenvalue weighted by Gasteiger charge is -2.15. The lowest BCUT2D eigenvalue weighted by Crippen LogP contribution is -2.31. The molecular formula is C11H23NO2. The van der Waals surface area contributed by atoms with E-state index >= 15 is 0 Å². The van der Waals surface area contributed by atoms with Crippen LogP contribution in [0.5, 0.6) is 0 Å². The van der Waals surface area contributed by atoms with Crippen LogP contribution in [0.2, 0.25) is 0 Å². The average molecular weight is 201 g/mol. The van der Waals surface area contributed by atoms with Gasteiger partial charge in [0.2, 0.25) is 5.91 Å². The van der Waals surface area contributed by atoms with Crippen molar-refractivity contribution >= 4 is 5.91 Å². The van der Waals surface area contributed by atoms with Crippen molar-refractivity contribution in [3.05, 3.63) is 0 Å². The Morgan fingerprint density at radius 2 is 2.14 bits per heavy atom. The third kappa shape index (κ3) is 4.09. The Bertz CT molecular complexity index is 159. The summed E-state index contributed by atoms with van der Waals surface area (Å²) in [4.78, 5) is 13.2. The number of amides is 1. The van der Waals surface area contributed by atoms with Gasteiger partial charge < -0.3 is 9.64 Å². The zero-order valence-electron chi connectivity index (χ0n) is 9.88. The van der Waals surface area contributed by atoms with Gasteiger partial charge in [0.15, 0.2) is 0 Å². The second-order valence-corrected chi connectivity index (χ2v) is 3.34. The van der Waals surface area contributed by atoms with E-state index in [1.54, 1.807) is 7.11 Å². The normalized spacial score (nSPS) is 20.3. The van der Waals surface area contributed by atoms with Crippen LogP contribution < -0.4 is 0 Å². The fourth-order valence-corrected chi connectivity index (χ4v) is 1.61. The monoisotopic (exact) mass is 201 g/mol. The van der Waals surface area contributed by atoms with Crippen molar-refractivity contribution in [2.24, 2.45) is 5.92 Å². The SMILES string of the molecule is CC.CCC1CCN(C(=O)COC)C1. The van der Waals surface area contributed by atoms with E-state index in [4.69, 9.17) is 4.74 Å². The Morgan fingerprint density at radius 3 is 2.57 bits per heavy atom. The Morgan fingerprint density at radius 1 is 1.50 bits per heavy atom. The molecule has 0 aromatic rings. The largest absolute Gasteiger partial charge is 0.375 e. The summed E-state index contributed by atoms with van der Waals surface area (Å²) in [5, 5.41) is 0. The molecule has 3 nitrogen and oxygen atoms in total. The van der Waals surface area contributed by atoms with Gasteiger partial charge in [-0.25, -0.2) is 0 Å². The van der Waals surface area contributed by atoms with Crippen LogP contribution in [0, 0.1) is 5.92 Å². The molecule has 1 fully saturated rings. The van der Waals surface area contributed by atoms with E-state index in [0.29, 0.717) is 5.92 Å². The zero-order valence-corrected chi connectivity index (χ0v) is 9.88. The van der Waals surface area contributed by atoms with Crippen LogP contribution >= 0.6 is 0 Å². The maximum atomic E-state index is 11.3. The molecule has 84 valence electrons. The number of methoxy groups -OCH3 is 1. The zero-order chi connectivity index (χ0) is 11.0. The van der Waals surface area contributed by atoms with Crippen molar-refractivity contribution in [1.82, 2.24) is 4.90 Å². The number of ether oxygens (including phenoxy) is 1. The van der Waals surface area contributed by atoms with Crippen LogP contribution in [0.25, 0.3) is 0 Å². The van der Waals surface area contributed by atoms with Gasteiger partial charge >= 0.3 is 0 Å². The molecule has 1 heterocycles. The minimum atomic E-state index is 0.133. The fourth-order valence-electron chi connectivity index (χ4n) is 1.61. The molecule has 3 heteroatoms. The summed E-state index contributed by atoms with van der Waals surface area (Å²) < 4.78 is 4.79. The summed E-state index contributed by atoms with van der Waals surface area (Å²) in [6.07, 6.45) is 2.34. The molecule has 0 saturated carbocycles. The molecule has 0 spiro atoms. The van der Waals surface area contributed by atoms with Gasteiger partial charge in [0.05, 0.1) is 0 Å². The first-order valence-electron chi connectivity index (χ1n) is 5.54. The second-order valence-electron chi connectivity index (χ2n) is 3.34. The molecule has 0 radical (unpaired) electrons. The predicted octanol–water partition coefficient (Wildman–Crippen LogP) is 1.92. The first-order valence-corrected chi connectivity index (χ1v) is 5.54. The number of hydrogen-bond donors (Lipinski definition) is 0. The van der Waals surface area contributed by atoms with Crippen molar-refractivity contribution in [1.29, 1.82) is 0 Å². The number of rotatable bonds is 3. The minimum Gasteiger partial charge on any atom is -0.375 e. The third-order valence-electron chi connectivity index (χ3n) is 2.48. The standard InChI is InChI=1S/C9H17NO2.C2H6/c1-3-8-4-5-10(6-8)9(11)7-12-2;1-2/h8H,3-7H2,1-2H3;1-2H3. The lowest BCUT2D eigenvalue weighted by atomic mass is 10.1. The molecule has 1 saturated heterocycles. The molecule has 1 aliphatic rings. The molecule has 1 rings (SSSR count). The van der Waals surface area contributed by atoms with Gasteiger partial charge in [-0.2, -0.15) is 0 Å². The predicted molar refractivity (Wildman–Crippen MR) is 58.2 cm³/mol. The van der Waals surface area contributed by atoms with Gasteiger partial charge in [-0.3, -0.25) is 4.79 Å². The number of carbonyl (C=O) groups is 1. The average Bonchev–Trinajstić information content (AvgIpc) is 2.69. The van der Waals surface area contributed by atoms with Crippen LogP contribution in [0.1, 0.15) is 33.6 Å². The van der Waals surface area contributed by atoms with Gasteiger partial charge in [-0.05, 0) is 12.3 Å². The lowest BCUT2D eigenvalue weighted by molar-refractivity contribution is -0.134. The van der Waals surface area contributed by atoms with Crippen LogP contribution in [0.15, 0.2) is 0 Å². The highest BCUT2D eigenvalue weighted by atomic mass is 16.5. The summed E-state index contributed by atoms with van der Waals surface area (Å²) in [6.45, 7) is 8.25. The molecule has 0 bridgehead atoms. The first kappa shape index (κ1) is 13.4. The summed E-state index contributed by atoms with van der Waals surface area (Å²) in [6, 6.07) is 0. The Kier molecular flexibility index (Phi) is 7.48. The fraction of sp³-hybridized carbons (Fsp3) is 0.909. The number of nitrogens with zero attached hydrogens (tertiary/aromatic N) is 1. The van der Waals surface area contributed by atoms with Crippen LogP contribution in [-0.4, -0.2) is 37.6 Å². The van der Waals surface area contributed by atoms with Gasteiger partial charge in [0.25, 0.3) is 0 Å². The Hall–Kier alpha value is -0.570. The van der Waals surface area contributed by atoms with E-state index in [9.17, 15) is 4.79 Å². The highest BCUT2D eigenvalue weighted by Crippen LogP contribution is 2.18. The van der Waals surface area contributed by atoms with Gasteiger partial charge in [0, 0.05) is 20.2 Å². The van der Waals surface area contributed by atoms with Gasteiger partial charge in [-0.15, -0.1) is 0 Å². The third-order valence-corrected chi connectivity index (χ3v) is 2.48. The first-order chi connectivity index (χ1) is 6.77. The number of hydrogen-bond acceptors (Lipinski definition) is 2. The molecule has 1 aliphatic heterocycles. The van der Waals surface area contributed by atoms with E-state index in [2.05, 4.69) is 6.92 Å². The second kappa shape index (κ2) is 7.80. The van der Waals surface area contributed by atoms with Crippen LogP contribution in [0.3, 0.4) is 0 Å². The Balaban J connectivity index is 0.000000791. The molecule has 1 unspecified atom stereocenters. The molecule has 1 amide bonds. The van der Waals surface area contributed by atoms with E-state index in [0.717, 1.165) is 19.5 Å². The van der Waals surface area contributed by atoms with E-state index in [1.165, 1.54) is 6.42 Å². The summed E-state index contributed by atoms with van der Waals surface area (Å²) in [5.74, 6) is 0.847. The molecule has 1 atom stereocenters. The van der Waals surface area contributed by atoms with E-state index in [1.807, 2.05) is 18.7 Å². The van der Waals surface area contributed by atoms with E-state index in [-0.39, 0.29) is 12.5 Å². The summed E-state index contributed by atoms with van der Waals surface area (Å²) >= 11 is 0. The van der Waals surface area contributed by atoms with Gasteiger partial charge in [0.1, 0.15) is 6.61 Å². The van der Waals surface area contributed by atoms with Crippen molar-refractivity contribution in [3.63, 3.8) is 0 Å². The van der Waals surface area contributed by atoms with Crippen LogP contribution in [-0.2, 0) is 9.53 Å². The summed E-state index contributed by atoms with van der Waals surface area (Å²) in [7, 11) is 1.56. The smallest absolute Gasteiger partial charge is 0.248 e. The molecule has 0 aromatic carbocycles. The van der Waals surface area contributed by atoms with Crippen LogP contribution in [0.4, 0.5) is 0 Å². The summed E-state index contributed by atoms with van der Waals surface area (Å²) in [5.41, 5.74) is 0. The maximum absolute atomic E-state index is 11.3. The molecular weight excluding hydrogens is 178 g/mol. The van der Waals surface area contributed by atoms with Crippen molar-refractivity contribution in [2.45, 2.75) is 33.6 Å². The molecule has 14 heavy (non-hydrogen) atoms. The topological polar surface area (TPSA) is 29.5 Å². The number of carbonyl (C=O) groups excluding carboxylic acids is 1. The quantitative estimate of drug-likeness (QED) is 0.698. The number of likely N-dealkylation sites (tertiary alicyclic amines) is 1. The van der Waals surface area contributed by atoms with Crippen molar-refractivity contribution in [2.75, 3.05) is 26.8 Å². The Labute approximate surface area is 87.4 Å². The molecule has 0 aromatic heterocycles. The minimum absolute atomic E-state index is 0.133. The van der Waals surface area contributed by atoms with Gasteiger partial charge in [-0.1, -0.05) is 27.2 Å². The molecule has 0 aliphatic carbocycles. The molecule has 0 N–H and O–H groups in total.